The molecule has 0 radical (unpaired) electrons. The molecule has 0 saturated heterocycles. The zero-order chi connectivity index (χ0) is 16.7. The van der Waals surface area contributed by atoms with Crippen LogP contribution in [0, 0.1) is 5.92 Å². The standard InChI is InChI=1S/C17H25ClN2O3/c1-20(11-13-4-2-7-16(13)21)12-17(22)19-8-9-23-15-6-3-5-14(18)10-15/h3,5-6,10,13,16,21H,2,4,7-9,11-12H2,1H3,(H,19,22). The van der Waals surface area contributed by atoms with Crippen molar-refractivity contribution in [3.05, 3.63) is 29.3 Å². The van der Waals surface area contributed by atoms with Crippen LogP contribution >= 0.6 is 11.6 Å². The van der Waals surface area contributed by atoms with E-state index in [1.807, 2.05) is 24.1 Å². The summed E-state index contributed by atoms with van der Waals surface area (Å²) in [5.41, 5.74) is 0. The molecule has 1 amide bonds. The van der Waals surface area contributed by atoms with Gasteiger partial charge in [0.15, 0.2) is 0 Å². The number of benzene rings is 1. The van der Waals surface area contributed by atoms with Gasteiger partial charge in [-0.25, -0.2) is 0 Å². The minimum absolute atomic E-state index is 0.0327. The number of halogens is 1. The maximum Gasteiger partial charge on any atom is 0.234 e. The summed E-state index contributed by atoms with van der Waals surface area (Å²) < 4.78 is 5.52. The Morgan fingerprint density at radius 3 is 3.00 bits per heavy atom. The SMILES string of the molecule is CN(CC(=O)NCCOc1cccc(Cl)c1)CC1CCCC1O. The molecular formula is C17H25ClN2O3. The molecule has 2 unspecified atom stereocenters. The van der Waals surface area contributed by atoms with Crippen molar-refractivity contribution in [2.24, 2.45) is 5.92 Å². The maximum atomic E-state index is 11.9. The van der Waals surface area contributed by atoms with Gasteiger partial charge in [-0.05, 0) is 44.0 Å². The van der Waals surface area contributed by atoms with Crippen molar-refractivity contribution in [3.63, 3.8) is 0 Å². The van der Waals surface area contributed by atoms with Crippen LogP contribution in [0.15, 0.2) is 24.3 Å². The van der Waals surface area contributed by atoms with Crippen molar-refractivity contribution < 1.29 is 14.6 Å². The van der Waals surface area contributed by atoms with Crippen molar-refractivity contribution in [2.75, 3.05) is 33.3 Å². The Labute approximate surface area is 142 Å². The highest BCUT2D eigenvalue weighted by molar-refractivity contribution is 6.30. The lowest BCUT2D eigenvalue weighted by Crippen LogP contribution is -2.39. The number of ether oxygens (including phenoxy) is 1. The molecule has 1 saturated carbocycles. The van der Waals surface area contributed by atoms with E-state index < -0.39 is 0 Å². The molecule has 0 bridgehead atoms. The average Bonchev–Trinajstić information content (AvgIpc) is 2.89. The number of aliphatic hydroxyl groups is 1. The van der Waals surface area contributed by atoms with Crippen LogP contribution in [-0.2, 0) is 4.79 Å². The molecule has 1 aromatic carbocycles. The van der Waals surface area contributed by atoms with E-state index in [1.165, 1.54) is 0 Å². The first-order valence-corrected chi connectivity index (χ1v) is 8.44. The van der Waals surface area contributed by atoms with E-state index in [0.717, 1.165) is 25.8 Å². The van der Waals surface area contributed by atoms with E-state index in [9.17, 15) is 9.90 Å². The number of nitrogens with zero attached hydrogens (tertiary/aromatic N) is 1. The van der Waals surface area contributed by atoms with Crippen LogP contribution in [0.2, 0.25) is 5.02 Å². The monoisotopic (exact) mass is 340 g/mol. The van der Waals surface area contributed by atoms with Crippen LogP contribution in [0.5, 0.6) is 5.75 Å². The summed E-state index contributed by atoms with van der Waals surface area (Å²) in [5.74, 6) is 0.952. The molecule has 1 aromatic rings. The molecule has 2 N–H and O–H groups in total. The third-order valence-electron chi connectivity index (χ3n) is 4.07. The number of likely N-dealkylation sites (N-methyl/N-ethyl adjacent to an activating group) is 1. The molecule has 0 aromatic heterocycles. The summed E-state index contributed by atoms with van der Waals surface area (Å²) in [6, 6.07) is 7.18. The van der Waals surface area contributed by atoms with Gasteiger partial charge in [0.05, 0.1) is 19.2 Å². The largest absolute Gasteiger partial charge is 0.492 e. The highest BCUT2D eigenvalue weighted by Gasteiger charge is 2.26. The lowest BCUT2D eigenvalue weighted by molar-refractivity contribution is -0.122. The van der Waals surface area contributed by atoms with Gasteiger partial charge in [0, 0.05) is 11.6 Å². The molecule has 0 aliphatic heterocycles. The molecule has 5 nitrogen and oxygen atoms in total. The molecule has 1 fully saturated rings. The molecule has 23 heavy (non-hydrogen) atoms. The minimum Gasteiger partial charge on any atom is -0.492 e. The molecule has 1 aliphatic carbocycles. The van der Waals surface area contributed by atoms with E-state index in [4.69, 9.17) is 16.3 Å². The normalized spacial score (nSPS) is 20.7. The van der Waals surface area contributed by atoms with E-state index >= 15 is 0 Å². The summed E-state index contributed by atoms with van der Waals surface area (Å²) in [6.07, 6.45) is 2.78. The first-order chi connectivity index (χ1) is 11.0. The Morgan fingerprint density at radius 1 is 1.48 bits per heavy atom. The van der Waals surface area contributed by atoms with Crippen LogP contribution in [0.1, 0.15) is 19.3 Å². The van der Waals surface area contributed by atoms with E-state index in [-0.39, 0.29) is 12.0 Å². The smallest absolute Gasteiger partial charge is 0.234 e. The van der Waals surface area contributed by atoms with Crippen LogP contribution in [0.3, 0.4) is 0 Å². The van der Waals surface area contributed by atoms with Gasteiger partial charge in [0.2, 0.25) is 5.91 Å². The lowest BCUT2D eigenvalue weighted by Gasteiger charge is -2.22. The van der Waals surface area contributed by atoms with Crippen LogP contribution < -0.4 is 10.1 Å². The number of amides is 1. The van der Waals surface area contributed by atoms with Gasteiger partial charge in [0.1, 0.15) is 12.4 Å². The fourth-order valence-electron chi connectivity index (χ4n) is 2.91. The minimum atomic E-state index is -0.216. The van der Waals surface area contributed by atoms with Crippen molar-refractivity contribution in [1.29, 1.82) is 0 Å². The van der Waals surface area contributed by atoms with Crippen molar-refractivity contribution >= 4 is 17.5 Å². The van der Waals surface area contributed by atoms with Gasteiger partial charge in [-0.15, -0.1) is 0 Å². The quantitative estimate of drug-likeness (QED) is 0.710. The number of aliphatic hydroxyl groups excluding tert-OH is 1. The maximum absolute atomic E-state index is 11.9. The number of carbonyl (C=O) groups excluding carboxylic acids is 1. The molecule has 6 heteroatoms. The summed E-state index contributed by atoms with van der Waals surface area (Å²) in [4.78, 5) is 13.8. The number of hydrogen-bond donors (Lipinski definition) is 2. The second-order valence-corrected chi connectivity index (χ2v) is 6.55. The van der Waals surface area contributed by atoms with Crippen molar-refractivity contribution in [3.8, 4) is 5.75 Å². The molecule has 2 rings (SSSR count). The predicted molar refractivity (Wildman–Crippen MR) is 90.8 cm³/mol. The summed E-state index contributed by atoms with van der Waals surface area (Å²) in [5, 5.41) is 13.3. The van der Waals surface area contributed by atoms with Crippen molar-refractivity contribution in [2.45, 2.75) is 25.4 Å². The lowest BCUT2D eigenvalue weighted by atomic mass is 10.1. The van der Waals surface area contributed by atoms with Gasteiger partial charge < -0.3 is 15.2 Å². The third-order valence-corrected chi connectivity index (χ3v) is 4.30. The van der Waals surface area contributed by atoms with E-state index in [0.29, 0.717) is 36.4 Å². The van der Waals surface area contributed by atoms with Gasteiger partial charge in [0.25, 0.3) is 0 Å². The van der Waals surface area contributed by atoms with E-state index in [1.54, 1.807) is 12.1 Å². The Bertz CT molecular complexity index is 512. The summed E-state index contributed by atoms with van der Waals surface area (Å²) in [7, 11) is 1.91. The van der Waals surface area contributed by atoms with E-state index in [2.05, 4.69) is 5.32 Å². The Balaban J connectivity index is 1.59. The zero-order valence-electron chi connectivity index (χ0n) is 13.5. The third kappa shape index (κ3) is 6.37. The second kappa shape index (κ2) is 9.11. The average molecular weight is 341 g/mol. The van der Waals surface area contributed by atoms with Gasteiger partial charge >= 0.3 is 0 Å². The zero-order valence-corrected chi connectivity index (χ0v) is 14.3. The fraction of sp³-hybridized carbons (Fsp3) is 0.588. The highest BCUT2D eigenvalue weighted by Crippen LogP contribution is 2.25. The number of carbonyl (C=O) groups is 1. The second-order valence-electron chi connectivity index (χ2n) is 6.11. The molecule has 2 atom stereocenters. The highest BCUT2D eigenvalue weighted by atomic mass is 35.5. The van der Waals surface area contributed by atoms with Gasteiger partial charge in [-0.1, -0.05) is 24.1 Å². The van der Waals surface area contributed by atoms with Crippen LogP contribution in [0.25, 0.3) is 0 Å². The van der Waals surface area contributed by atoms with Gasteiger partial charge in [-0.3, -0.25) is 9.69 Å². The Hall–Kier alpha value is -1.30. The van der Waals surface area contributed by atoms with Crippen LogP contribution in [-0.4, -0.2) is 55.3 Å². The summed E-state index contributed by atoms with van der Waals surface area (Å²) in [6.45, 7) is 1.94. The number of hydrogen-bond acceptors (Lipinski definition) is 4. The predicted octanol–water partition coefficient (Wildman–Crippen LogP) is 1.93. The Morgan fingerprint density at radius 2 is 2.30 bits per heavy atom. The van der Waals surface area contributed by atoms with Gasteiger partial charge in [-0.2, -0.15) is 0 Å². The number of rotatable bonds is 8. The molecule has 128 valence electrons. The fourth-order valence-corrected chi connectivity index (χ4v) is 3.09. The summed E-state index contributed by atoms with van der Waals surface area (Å²) >= 11 is 5.87. The number of nitrogens with one attached hydrogen (secondary N) is 1. The molecule has 1 aliphatic rings. The molecule has 0 heterocycles. The van der Waals surface area contributed by atoms with Crippen LogP contribution in [0.4, 0.5) is 0 Å². The first kappa shape index (κ1) is 18.0. The Kier molecular flexibility index (Phi) is 7.15. The first-order valence-electron chi connectivity index (χ1n) is 8.06. The molecule has 0 spiro atoms. The molecular weight excluding hydrogens is 316 g/mol. The topological polar surface area (TPSA) is 61.8 Å². The van der Waals surface area contributed by atoms with Crippen molar-refractivity contribution in [1.82, 2.24) is 10.2 Å².